The second-order valence-electron chi connectivity index (χ2n) is 3.39. The van der Waals surface area contributed by atoms with E-state index < -0.39 is 0 Å². The summed E-state index contributed by atoms with van der Waals surface area (Å²) < 4.78 is 12.7. The number of hydrogen-bond donors (Lipinski definition) is 1. The molecule has 0 atom stereocenters. The van der Waals surface area contributed by atoms with E-state index in [1.54, 1.807) is 17.5 Å². The Balaban J connectivity index is 2.49. The minimum absolute atomic E-state index is 0.0240. The van der Waals surface area contributed by atoms with Crippen molar-refractivity contribution in [3.8, 4) is 16.2 Å². The molecule has 0 saturated carbocycles. The van der Waals surface area contributed by atoms with Gasteiger partial charge >= 0.3 is 0 Å². The first kappa shape index (κ1) is 10.8. The van der Waals surface area contributed by atoms with Gasteiger partial charge in [-0.25, -0.2) is 4.39 Å². The molecule has 0 unspecified atom stereocenters. The van der Waals surface area contributed by atoms with Crippen LogP contribution in [0.15, 0.2) is 29.6 Å². The van der Waals surface area contributed by atoms with E-state index in [4.69, 9.17) is 0 Å². The molecular formula is C12H9FO2S. The number of aromatic hydroxyl groups is 1. The number of halogens is 1. The molecule has 0 bridgehead atoms. The van der Waals surface area contributed by atoms with Crippen LogP contribution in [0.3, 0.4) is 0 Å². The quantitative estimate of drug-likeness (QED) is 0.811. The van der Waals surface area contributed by atoms with Gasteiger partial charge in [-0.05, 0) is 24.6 Å². The standard InChI is InChI=1S/C12H9FO2S/c1-7(14)10-6-16-12(11(10)15)8-2-4-9(13)5-3-8/h2-6,15H,1H3. The smallest absolute Gasteiger partial charge is 0.164 e. The normalized spacial score (nSPS) is 10.4. The number of carbonyl (C=O) groups excluding carboxylic acids is 1. The van der Waals surface area contributed by atoms with Gasteiger partial charge in [0.1, 0.15) is 11.6 Å². The Bertz CT molecular complexity index is 528. The van der Waals surface area contributed by atoms with Gasteiger partial charge in [0.15, 0.2) is 5.78 Å². The molecule has 0 amide bonds. The fourth-order valence-electron chi connectivity index (χ4n) is 1.41. The predicted molar refractivity (Wildman–Crippen MR) is 61.4 cm³/mol. The lowest BCUT2D eigenvalue weighted by atomic mass is 10.1. The zero-order valence-electron chi connectivity index (χ0n) is 8.53. The van der Waals surface area contributed by atoms with Gasteiger partial charge in [0, 0.05) is 5.38 Å². The highest BCUT2D eigenvalue weighted by atomic mass is 32.1. The Labute approximate surface area is 96.0 Å². The second kappa shape index (κ2) is 4.06. The van der Waals surface area contributed by atoms with Crippen molar-refractivity contribution in [2.45, 2.75) is 6.92 Å². The molecule has 1 aromatic carbocycles. The van der Waals surface area contributed by atoms with E-state index in [1.807, 2.05) is 0 Å². The molecule has 0 fully saturated rings. The van der Waals surface area contributed by atoms with Crippen LogP contribution in [0.1, 0.15) is 17.3 Å². The summed E-state index contributed by atoms with van der Waals surface area (Å²) in [5.41, 5.74) is 1.01. The lowest BCUT2D eigenvalue weighted by Gasteiger charge is -1.99. The summed E-state index contributed by atoms with van der Waals surface area (Å²) in [7, 11) is 0. The molecule has 4 heteroatoms. The zero-order chi connectivity index (χ0) is 11.7. The molecular weight excluding hydrogens is 227 g/mol. The zero-order valence-corrected chi connectivity index (χ0v) is 9.34. The molecule has 2 aromatic rings. The van der Waals surface area contributed by atoms with Gasteiger partial charge in [-0.3, -0.25) is 4.79 Å². The third-order valence-corrected chi connectivity index (χ3v) is 3.27. The van der Waals surface area contributed by atoms with Crippen LogP contribution in [-0.4, -0.2) is 10.9 Å². The second-order valence-corrected chi connectivity index (χ2v) is 4.27. The highest BCUT2D eigenvalue weighted by Crippen LogP contribution is 2.38. The van der Waals surface area contributed by atoms with E-state index in [2.05, 4.69) is 0 Å². The topological polar surface area (TPSA) is 37.3 Å². The summed E-state index contributed by atoms with van der Waals surface area (Å²) in [5, 5.41) is 11.4. The summed E-state index contributed by atoms with van der Waals surface area (Å²) in [6.45, 7) is 1.40. The van der Waals surface area contributed by atoms with Crippen LogP contribution in [0.4, 0.5) is 4.39 Å². The molecule has 2 rings (SSSR count). The van der Waals surface area contributed by atoms with Crippen molar-refractivity contribution >= 4 is 17.1 Å². The Hall–Kier alpha value is -1.68. The van der Waals surface area contributed by atoms with Gasteiger partial charge < -0.3 is 5.11 Å². The van der Waals surface area contributed by atoms with E-state index in [0.717, 1.165) is 0 Å². The molecule has 16 heavy (non-hydrogen) atoms. The largest absolute Gasteiger partial charge is 0.506 e. The summed E-state index contributed by atoms with van der Waals surface area (Å²) in [5.74, 6) is -0.530. The molecule has 0 spiro atoms. The van der Waals surface area contributed by atoms with Gasteiger partial charge in [-0.15, -0.1) is 11.3 Å². The van der Waals surface area contributed by atoms with Gasteiger partial charge in [0.2, 0.25) is 0 Å². The number of benzene rings is 1. The number of carbonyl (C=O) groups is 1. The maximum Gasteiger partial charge on any atom is 0.164 e. The van der Waals surface area contributed by atoms with E-state index in [1.165, 1.54) is 30.4 Å². The monoisotopic (exact) mass is 236 g/mol. The molecule has 82 valence electrons. The number of Topliss-reactive ketones (excluding diaryl/α,β-unsaturated/α-hetero) is 1. The number of hydrogen-bond acceptors (Lipinski definition) is 3. The maximum atomic E-state index is 12.7. The molecule has 2 nitrogen and oxygen atoms in total. The van der Waals surface area contributed by atoms with Crippen LogP contribution < -0.4 is 0 Å². The van der Waals surface area contributed by atoms with Gasteiger partial charge in [-0.1, -0.05) is 12.1 Å². The van der Waals surface area contributed by atoms with Crippen LogP contribution in [-0.2, 0) is 0 Å². The first-order chi connectivity index (χ1) is 7.59. The van der Waals surface area contributed by atoms with Crippen LogP contribution in [0, 0.1) is 5.82 Å². The Kier molecular flexibility index (Phi) is 2.75. The Morgan fingerprint density at radius 2 is 1.94 bits per heavy atom. The molecule has 1 N–H and O–H groups in total. The predicted octanol–water partition coefficient (Wildman–Crippen LogP) is 3.46. The van der Waals surface area contributed by atoms with Gasteiger partial charge in [-0.2, -0.15) is 0 Å². The molecule has 0 aliphatic rings. The molecule has 1 heterocycles. The summed E-state index contributed by atoms with van der Waals surface area (Å²) in [6.07, 6.45) is 0. The minimum Gasteiger partial charge on any atom is -0.506 e. The Morgan fingerprint density at radius 3 is 2.44 bits per heavy atom. The highest BCUT2D eigenvalue weighted by Gasteiger charge is 2.15. The number of ketones is 1. The molecule has 0 radical (unpaired) electrons. The highest BCUT2D eigenvalue weighted by molar-refractivity contribution is 7.14. The van der Waals surface area contributed by atoms with Crippen LogP contribution in [0.5, 0.6) is 5.75 Å². The molecule has 0 aliphatic carbocycles. The van der Waals surface area contributed by atoms with E-state index in [0.29, 0.717) is 16.0 Å². The fraction of sp³-hybridized carbons (Fsp3) is 0.0833. The number of rotatable bonds is 2. The van der Waals surface area contributed by atoms with Crippen molar-refractivity contribution in [1.82, 2.24) is 0 Å². The SMILES string of the molecule is CC(=O)c1csc(-c2ccc(F)cc2)c1O. The van der Waals surface area contributed by atoms with E-state index in [9.17, 15) is 14.3 Å². The van der Waals surface area contributed by atoms with Gasteiger partial charge in [0.05, 0.1) is 10.4 Å². The first-order valence-corrected chi connectivity index (χ1v) is 5.55. The van der Waals surface area contributed by atoms with Crippen molar-refractivity contribution in [3.05, 3.63) is 41.0 Å². The van der Waals surface area contributed by atoms with E-state index in [-0.39, 0.29) is 17.3 Å². The average Bonchev–Trinajstić information content (AvgIpc) is 2.61. The van der Waals surface area contributed by atoms with Crippen molar-refractivity contribution < 1.29 is 14.3 Å². The summed E-state index contributed by atoms with van der Waals surface area (Å²) in [4.78, 5) is 11.7. The van der Waals surface area contributed by atoms with Crippen molar-refractivity contribution in [1.29, 1.82) is 0 Å². The third-order valence-electron chi connectivity index (χ3n) is 2.25. The fourth-order valence-corrected chi connectivity index (χ4v) is 2.41. The van der Waals surface area contributed by atoms with E-state index >= 15 is 0 Å². The van der Waals surface area contributed by atoms with Crippen molar-refractivity contribution in [2.24, 2.45) is 0 Å². The van der Waals surface area contributed by atoms with Crippen LogP contribution >= 0.6 is 11.3 Å². The lowest BCUT2D eigenvalue weighted by molar-refractivity contribution is 0.101. The van der Waals surface area contributed by atoms with Crippen molar-refractivity contribution in [3.63, 3.8) is 0 Å². The van der Waals surface area contributed by atoms with Crippen molar-refractivity contribution in [2.75, 3.05) is 0 Å². The van der Waals surface area contributed by atoms with Crippen LogP contribution in [0.25, 0.3) is 10.4 Å². The van der Waals surface area contributed by atoms with Crippen LogP contribution in [0.2, 0.25) is 0 Å². The lowest BCUT2D eigenvalue weighted by Crippen LogP contribution is -1.88. The first-order valence-electron chi connectivity index (χ1n) is 4.67. The maximum absolute atomic E-state index is 12.7. The minimum atomic E-state index is -0.327. The molecule has 0 aliphatic heterocycles. The molecule has 1 aromatic heterocycles. The Morgan fingerprint density at radius 1 is 1.31 bits per heavy atom. The average molecular weight is 236 g/mol. The van der Waals surface area contributed by atoms with Gasteiger partial charge in [0.25, 0.3) is 0 Å². The molecule has 0 saturated heterocycles. The summed E-state index contributed by atoms with van der Waals surface area (Å²) in [6, 6.07) is 5.79. The third kappa shape index (κ3) is 1.84. The summed E-state index contributed by atoms with van der Waals surface area (Å²) >= 11 is 1.27. The number of thiophene rings is 1.